The van der Waals surface area contributed by atoms with Crippen LogP contribution in [-0.4, -0.2) is 10.5 Å². The van der Waals surface area contributed by atoms with E-state index in [2.05, 4.69) is 0 Å². The number of benzene rings is 1. The molecule has 2 aromatic rings. The van der Waals surface area contributed by atoms with Crippen molar-refractivity contribution in [2.75, 3.05) is 0 Å². The van der Waals surface area contributed by atoms with Crippen LogP contribution in [0.15, 0.2) is 41.3 Å². The molecule has 15 heavy (non-hydrogen) atoms. The molecule has 0 aliphatic heterocycles. The molecule has 4 nitrogen and oxygen atoms in total. The minimum atomic E-state index is -0.521. The third-order valence-corrected chi connectivity index (χ3v) is 2.21. The zero-order valence-corrected chi connectivity index (χ0v) is 8.01. The number of carbonyl (C=O) groups is 1. The van der Waals surface area contributed by atoms with Crippen molar-refractivity contribution in [2.45, 2.75) is 6.54 Å². The predicted molar refractivity (Wildman–Crippen MR) is 57.4 cm³/mol. The predicted octanol–water partition coefficient (Wildman–Crippen LogP) is 0.487. The van der Waals surface area contributed by atoms with Crippen molar-refractivity contribution in [1.82, 2.24) is 4.57 Å². The van der Waals surface area contributed by atoms with Gasteiger partial charge >= 0.3 is 0 Å². The van der Waals surface area contributed by atoms with E-state index in [-0.39, 0.29) is 12.1 Å². The van der Waals surface area contributed by atoms with Gasteiger partial charge in [-0.25, -0.2) is 0 Å². The molecule has 0 aliphatic rings. The second-order valence-electron chi connectivity index (χ2n) is 3.30. The van der Waals surface area contributed by atoms with Crippen LogP contribution in [0, 0.1) is 0 Å². The first-order chi connectivity index (χ1) is 7.18. The zero-order valence-electron chi connectivity index (χ0n) is 8.01. The summed E-state index contributed by atoms with van der Waals surface area (Å²) in [7, 11) is 0. The highest BCUT2D eigenvalue weighted by Gasteiger charge is 2.03. The van der Waals surface area contributed by atoms with Crippen LogP contribution in [0.3, 0.4) is 0 Å². The molecule has 0 radical (unpaired) electrons. The Balaban J connectivity index is 2.65. The molecule has 1 aromatic carbocycles. The van der Waals surface area contributed by atoms with E-state index in [4.69, 9.17) is 5.73 Å². The molecule has 76 valence electrons. The zero-order chi connectivity index (χ0) is 10.8. The number of hydrogen-bond donors (Lipinski definition) is 1. The van der Waals surface area contributed by atoms with E-state index < -0.39 is 5.91 Å². The maximum atomic E-state index is 11.8. The first kappa shape index (κ1) is 9.45. The molecule has 0 fully saturated rings. The molecule has 0 saturated heterocycles. The number of rotatable bonds is 2. The first-order valence-electron chi connectivity index (χ1n) is 4.55. The highest BCUT2D eigenvalue weighted by Crippen LogP contribution is 2.07. The molecule has 2 N–H and O–H groups in total. The van der Waals surface area contributed by atoms with Crippen LogP contribution in [-0.2, 0) is 11.3 Å². The number of nitrogens with zero attached hydrogens (tertiary/aromatic N) is 1. The second kappa shape index (κ2) is 3.57. The van der Waals surface area contributed by atoms with Gasteiger partial charge in [0.2, 0.25) is 5.91 Å². The minimum Gasteiger partial charge on any atom is -0.368 e. The lowest BCUT2D eigenvalue weighted by Gasteiger charge is -2.03. The number of nitrogens with two attached hydrogens (primary N) is 1. The Kier molecular flexibility index (Phi) is 2.25. The Morgan fingerprint density at radius 3 is 2.73 bits per heavy atom. The third-order valence-electron chi connectivity index (χ3n) is 2.21. The summed E-state index contributed by atoms with van der Waals surface area (Å²) in [6, 6.07) is 9.03. The van der Waals surface area contributed by atoms with Gasteiger partial charge in [-0.3, -0.25) is 9.59 Å². The molecule has 1 heterocycles. The standard InChI is InChI=1S/C11H10N2O2/c12-10(14)7-13-6-5-8-3-1-2-4-9(8)11(13)15/h1-6H,7H2,(H2,12,14). The van der Waals surface area contributed by atoms with Gasteiger partial charge < -0.3 is 10.3 Å². The number of pyridine rings is 1. The lowest BCUT2D eigenvalue weighted by atomic mass is 10.2. The van der Waals surface area contributed by atoms with Gasteiger partial charge in [0, 0.05) is 11.6 Å². The third kappa shape index (κ3) is 1.74. The van der Waals surface area contributed by atoms with Crippen molar-refractivity contribution < 1.29 is 4.79 Å². The molecular weight excluding hydrogens is 192 g/mol. The smallest absolute Gasteiger partial charge is 0.258 e. The van der Waals surface area contributed by atoms with Crippen molar-refractivity contribution in [3.8, 4) is 0 Å². The highest BCUT2D eigenvalue weighted by atomic mass is 16.2. The minimum absolute atomic E-state index is 0.0797. The highest BCUT2D eigenvalue weighted by molar-refractivity contribution is 5.81. The average Bonchev–Trinajstić information content (AvgIpc) is 2.22. The molecule has 4 heteroatoms. The summed E-state index contributed by atoms with van der Waals surface area (Å²) in [6.45, 7) is -0.0797. The molecule has 0 bridgehead atoms. The van der Waals surface area contributed by atoms with Crippen LogP contribution in [0.5, 0.6) is 0 Å². The first-order valence-corrected chi connectivity index (χ1v) is 4.55. The van der Waals surface area contributed by atoms with Crippen LogP contribution in [0.1, 0.15) is 0 Å². The fraction of sp³-hybridized carbons (Fsp3) is 0.0909. The molecule has 1 aromatic heterocycles. The van der Waals surface area contributed by atoms with Gasteiger partial charge in [-0.15, -0.1) is 0 Å². The maximum Gasteiger partial charge on any atom is 0.258 e. The molecular formula is C11H10N2O2. The molecule has 0 saturated carbocycles. The molecule has 0 unspecified atom stereocenters. The van der Waals surface area contributed by atoms with Crippen molar-refractivity contribution in [3.05, 3.63) is 46.9 Å². The summed E-state index contributed by atoms with van der Waals surface area (Å²) in [5.41, 5.74) is 4.85. The molecule has 0 atom stereocenters. The summed E-state index contributed by atoms with van der Waals surface area (Å²) in [6.07, 6.45) is 1.58. The van der Waals surface area contributed by atoms with Crippen LogP contribution < -0.4 is 11.3 Å². The van der Waals surface area contributed by atoms with Crippen molar-refractivity contribution in [3.63, 3.8) is 0 Å². The summed E-state index contributed by atoms with van der Waals surface area (Å²) < 4.78 is 1.31. The largest absolute Gasteiger partial charge is 0.368 e. The number of fused-ring (bicyclic) bond motifs is 1. The quantitative estimate of drug-likeness (QED) is 0.770. The summed E-state index contributed by atoms with van der Waals surface area (Å²) in [5.74, 6) is -0.521. The Morgan fingerprint density at radius 1 is 1.27 bits per heavy atom. The fourth-order valence-electron chi connectivity index (χ4n) is 1.52. The fourth-order valence-corrected chi connectivity index (χ4v) is 1.52. The monoisotopic (exact) mass is 202 g/mol. The summed E-state index contributed by atoms with van der Waals surface area (Å²) in [4.78, 5) is 22.5. The Hall–Kier alpha value is -2.10. The van der Waals surface area contributed by atoms with E-state index in [1.165, 1.54) is 4.57 Å². The van der Waals surface area contributed by atoms with Gasteiger partial charge in [0.1, 0.15) is 6.54 Å². The van der Waals surface area contributed by atoms with E-state index in [0.29, 0.717) is 5.39 Å². The second-order valence-corrected chi connectivity index (χ2v) is 3.30. The number of aromatic nitrogens is 1. The van der Waals surface area contributed by atoms with Crippen LogP contribution in [0.25, 0.3) is 10.8 Å². The van der Waals surface area contributed by atoms with Crippen LogP contribution in [0.2, 0.25) is 0 Å². The normalized spacial score (nSPS) is 10.4. The van der Waals surface area contributed by atoms with Crippen LogP contribution >= 0.6 is 0 Å². The van der Waals surface area contributed by atoms with Crippen molar-refractivity contribution in [1.29, 1.82) is 0 Å². The summed E-state index contributed by atoms with van der Waals surface area (Å²) in [5, 5.41) is 1.46. The van der Waals surface area contributed by atoms with Gasteiger partial charge in [-0.2, -0.15) is 0 Å². The van der Waals surface area contributed by atoms with E-state index in [1.807, 2.05) is 12.1 Å². The molecule has 1 amide bonds. The number of primary amides is 1. The average molecular weight is 202 g/mol. The van der Waals surface area contributed by atoms with Gasteiger partial charge in [0.25, 0.3) is 5.56 Å². The van der Waals surface area contributed by atoms with Gasteiger partial charge in [0.05, 0.1) is 0 Å². The van der Waals surface area contributed by atoms with E-state index in [1.54, 1.807) is 24.4 Å². The van der Waals surface area contributed by atoms with E-state index in [0.717, 1.165) is 5.39 Å². The van der Waals surface area contributed by atoms with Crippen molar-refractivity contribution in [2.24, 2.45) is 5.73 Å². The molecule has 0 spiro atoms. The number of amides is 1. The summed E-state index contributed by atoms with van der Waals surface area (Å²) >= 11 is 0. The topological polar surface area (TPSA) is 65.1 Å². The van der Waals surface area contributed by atoms with Crippen LogP contribution in [0.4, 0.5) is 0 Å². The lowest BCUT2D eigenvalue weighted by Crippen LogP contribution is -2.27. The maximum absolute atomic E-state index is 11.8. The number of carbonyl (C=O) groups excluding carboxylic acids is 1. The van der Waals surface area contributed by atoms with Gasteiger partial charge in [-0.05, 0) is 17.5 Å². The van der Waals surface area contributed by atoms with E-state index in [9.17, 15) is 9.59 Å². The number of hydrogen-bond acceptors (Lipinski definition) is 2. The molecule has 0 aliphatic carbocycles. The van der Waals surface area contributed by atoms with Gasteiger partial charge in [-0.1, -0.05) is 18.2 Å². The Bertz CT molecular complexity index is 572. The Morgan fingerprint density at radius 2 is 2.00 bits per heavy atom. The Labute approximate surface area is 85.9 Å². The van der Waals surface area contributed by atoms with Crippen molar-refractivity contribution >= 4 is 16.7 Å². The SMILES string of the molecule is NC(=O)Cn1ccc2ccccc2c1=O. The molecule has 2 rings (SSSR count). The van der Waals surface area contributed by atoms with Gasteiger partial charge in [0.15, 0.2) is 0 Å². The lowest BCUT2D eigenvalue weighted by molar-refractivity contribution is -0.118. The van der Waals surface area contributed by atoms with E-state index >= 15 is 0 Å².